The highest BCUT2D eigenvalue weighted by Crippen LogP contribution is 2.24. The number of nitro benzene ring substituents is 1. The molecule has 1 aromatic carbocycles. The largest absolute Gasteiger partial charge is 0.354 e. The summed E-state index contributed by atoms with van der Waals surface area (Å²) >= 11 is 0. The lowest BCUT2D eigenvalue weighted by Crippen LogP contribution is -2.49. The fourth-order valence-corrected chi connectivity index (χ4v) is 3.26. The SMILES string of the molecule is CCc1ccc(C(=O)N2CCCCC2CNC(=O)CCN)cc1[N+](=O)[O-]. The van der Waals surface area contributed by atoms with Crippen molar-refractivity contribution in [2.45, 2.75) is 45.1 Å². The lowest BCUT2D eigenvalue weighted by atomic mass is 9.99. The number of likely N-dealkylation sites (tertiary alicyclic amines) is 1. The van der Waals surface area contributed by atoms with Crippen LogP contribution in [0.2, 0.25) is 0 Å². The standard InChI is InChI=1S/C18H26N4O4/c1-2-13-6-7-14(11-16(13)22(25)26)18(24)21-10-4-3-5-15(21)12-20-17(23)8-9-19/h6-7,11,15H,2-5,8-10,12,19H2,1H3,(H,20,23). The van der Waals surface area contributed by atoms with E-state index < -0.39 is 4.92 Å². The Labute approximate surface area is 152 Å². The van der Waals surface area contributed by atoms with E-state index in [2.05, 4.69) is 5.32 Å². The first-order chi connectivity index (χ1) is 12.5. The first-order valence-electron chi connectivity index (χ1n) is 9.03. The molecule has 26 heavy (non-hydrogen) atoms. The monoisotopic (exact) mass is 362 g/mol. The zero-order chi connectivity index (χ0) is 19.1. The Morgan fingerprint density at radius 1 is 1.38 bits per heavy atom. The second-order valence-electron chi connectivity index (χ2n) is 6.45. The van der Waals surface area contributed by atoms with Crippen LogP contribution in [-0.4, -0.2) is 47.3 Å². The van der Waals surface area contributed by atoms with Crippen molar-refractivity contribution in [3.8, 4) is 0 Å². The molecule has 0 aliphatic carbocycles. The van der Waals surface area contributed by atoms with Crippen LogP contribution >= 0.6 is 0 Å². The molecule has 8 nitrogen and oxygen atoms in total. The predicted octanol–water partition coefficient (Wildman–Crippen LogP) is 1.62. The number of piperidine rings is 1. The molecule has 2 rings (SSSR count). The molecular formula is C18H26N4O4. The summed E-state index contributed by atoms with van der Waals surface area (Å²) in [5, 5.41) is 14.1. The number of rotatable bonds is 7. The number of nitrogens with one attached hydrogen (secondary N) is 1. The lowest BCUT2D eigenvalue weighted by Gasteiger charge is -2.36. The summed E-state index contributed by atoms with van der Waals surface area (Å²) in [7, 11) is 0. The number of carbonyl (C=O) groups excluding carboxylic acids is 2. The third kappa shape index (κ3) is 4.78. The number of aryl methyl sites for hydroxylation is 1. The fraction of sp³-hybridized carbons (Fsp3) is 0.556. The van der Waals surface area contributed by atoms with Gasteiger partial charge in [-0.2, -0.15) is 0 Å². The van der Waals surface area contributed by atoms with E-state index in [4.69, 9.17) is 5.73 Å². The van der Waals surface area contributed by atoms with Crippen LogP contribution in [-0.2, 0) is 11.2 Å². The van der Waals surface area contributed by atoms with Gasteiger partial charge in [-0.15, -0.1) is 0 Å². The van der Waals surface area contributed by atoms with Crippen LogP contribution < -0.4 is 11.1 Å². The Morgan fingerprint density at radius 3 is 2.81 bits per heavy atom. The van der Waals surface area contributed by atoms with Crippen molar-refractivity contribution in [1.29, 1.82) is 0 Å². The van der Waals surface area contributed by atoms with E-state index in [-0.39, 0.29) is 36.5 Å². The number of hydrogen-bond donors (Lipinski definition) is 2. The van der Waals surface area contributed by atoms with Gasteiger partial charge < -0.3 is 16.0 Å². The van der Waals surface area contributed by atoms with E-state index in [9.17, 15) is 19.7 Å². The highest BCUT2D eigenvalue weighted by atomic mass is 16.6. The van der Waals surface area contributed by atoms with Gasteiger partial charge in [0.15, 0.2) is 0 Å². The van der Waals surface area contributed by atoms with Crippen molar-refractivity contribution in [2.24, 2.45) is 5.73 Å². The van der Waals surface area contributed by atoms with Crippen LogP contribution in [0.3, 0.4) is 0 Å². The summed E-state index contributed by atoms with van der Waals surface area (Å²) < 4.78 is 0. The van der Waals surface area contributed by atoms with Gasteiger partial charge in [-0.1, -0.05) is 13.0 Å². The molecule has 0 spiro atoms. The van der Waals surface area contributed by atoms with Gasteiger partial charge >= 0.3 is 0 Å². The molecule has 0 saturated carbocycles. The normalized spacial score (nSPS) is 17.0. The van der Waals surface area contributed by atoms with Crippen molar-refractivity contribution in [1.82, 2.24) is 10.2 Å². The minimum atomic E-state index is -0.448. The average molecular weight is 362 g/mol. The van der Waals surface area contributed by atoms with Crippen molar-refractivity contribution in [2.75, 3.05) is 19.6 Å². The molecule has 1 aromatic rings. The van der Waals surface area contributed by atoms with Crippen molar-refractivity contribution in [3.05, 3.63) is 39.4 Å². The summed E-state index contributed by atoms with van der Waals surface area (Å²) in [6.45, 7) is 3.08. The van der Waals surface area contributed by atoms with Gasteiger partial charge in [0.05, 0.1) is 4.92 Å². The molecule has 142 valence electrons. The molecule has 1 unspecified atom stereocenters. The predicted molar refractivity (Wildman–Crippen MR) is 97.8 cm³/mol. The van der Waals surface area contributed by atoms with Crippen LogP contribution in [0.15, 0.2) is 18.2 Å². The average Bonchev–Trinajstić information content (AvgIpc) is 2.65. The summed E-state index contributed by atoms with van der Waals surface area (Å²) in [6.07, 6.45) is 3.45. The summed E-state index contributed by atoms with van der Waals surface area (Å²) in [4.78, 5) is 37.1. The van der Waals surface area contributed by atoms with E-state index in [1.165, 1.54) is 6.07 Å². The maximum Gasteiger partial charge on any atom is 0.273 e. The Balaban J connectivity index is 2.16. The maximum atomic E-state index is 12.9. The summed E-state index contributed by atoms with van der Waals surface area (Å²) in [5.74, 6) is -0.359. The number of hydrogen-bond acceptors (Lipinski definition) is 5. The third-order valence-electron chi connectivity index (χ3n) is 4.70. The second-order valence-corrected chi connectivity index (χ2v) is 6.45. The van der Waals surface area contributed by atoms with Crippen LogP contribution in [0.25, 0.3) is 0 Å². The molecule has 3 N–H and O–H groups in total. The molecule has 0 bridgehead atoms. The third-order valence-corrected chi connectivity index (χ3v) is 4.70. The molecule has 0 radical (unpaired) electrons. The van der Waals surface area contributed by atoms with Crippen LogP contribution in [0.5, 0.6) is 0 Å². The molecule has 1 atom stereocenters. The molecule has 1 saturated heterocycles. The number of nitrogens with zero attached hydrogens (tertiary/aromatic N) is 2. The van der Waals surface area contributed by atoms with Gasteiger partial charge in [-0.05, 0) is 31.7 Å². The molecule has 1 aliphatic heterocycles. The van der Waals surface area contributed by atoms with Crippen molar-refractivity contribution in [3.63, 3.8) is 0 Å². The van der Waals surface area contributed by atoms with Gasteiger partial charge in [0, 0.05) is 49.3 Å². The minimum absolute atomic E-state index is 0.0249. The Kier molecular flexibility index (Phi) is 7.08. The number of nitro groups is 1. The highest BCUT2D eigenvalue weighted by molar-refractivity contribution is 5.95. The Bertz CT molecular complexity index is 677. The molecule has 2 amide bonds. The molecule has 8 heteroatoms. The second kappa shape index (κ2) is 9.28. The Hall–Kier alpha value is -2.48. The fourth-order valence-electron chi connectivity index (χ4n) is 3.26. The van der Waals surface area contributed by atoms with Crippen molar-refractivity contribution < 1.29 is 14.5 Å². The van der Waals surface area contributed by atoms with Gasteiger partial charge in [-0.25, -0.2) is 0 Å². The van der Waals surface area contributed by atoms with Gasteiger partial charge in [0.25, 0.3) is 11.6 Å². The Morgan fingerprint density at radius 2 is 2.15 bits per heavy atom. The van der Waals surface area contributed by atoms with Crippen LogP contribution in [0.1, 0.15) is 48.5 Å². The first-order valence-corrected chi connectivity index (χ1v) is 9.03. The molecular weight excluding hydrogens is 336 g/mol. The van der Waals surface area contributed by atoms with E-state index in [0.717, 1.165) is 19.3 Å². The van der Waals surface area contributed by atoms with E-state index in [0.29, 0.717) is 30.6 Å². The first kappa shape index (κ1) is 19.8. The minimum Gasteiger partial charge on any atom is -0.354 e. The van der Waals surface area contributed by atoms with E-state index >= 15 is 0 Å². The van der Waals surface area contributed by atoms with E-state index in [1.54, 1.807) is 17.0 Å². The summed E-state index contributed by atoms with van der Waals surface area (Å²) in [5.41, 5.74) is 6.27. The molecule has 0 aromatic heterocycles. The molecule has 1 aliphatic rings. The topological polar surface area (TPSA) is 119 Å². The number of nitrogens with two attached hydrogens (primary N) is 1. The number of carbonyl (C=O) groups is 2. The van der Waals surface area contributed by atoms with Crippen LogP contribution in [0.4, 0.5) is 5.69 Å². The zero-order valence-corrected chi connectivity index (χ0v) is 15.1. The zero-order valence-electron chi connectivity index (χ0n) is 15.1. The van der Waals surface area contributed by atoms with Gasteiger partial charge in [0.2, 0.25) is 5.91 Å². The van der Waals surface area contributed by atoms with Gasteiger partial charge in [0.1, 0.15) is 0 Å². The lowest BCUT2D eigenvalue weighted by molar-refractivity contribution is -0.385. The van der Waals surface area contributed by atoms with Crippen molar-refractivity contribution >= 4 is 17.5 Å². The van der Waals surface area contributed by atoms with Crippen LogP contribution in [0, 0.1) is 10.1 Å². The summed E-state index contributed by atoms with van der Waals surface area (Å²) in [6, 6.07) is 4.54. The van der Waals surface area contributed by atoms with E-state index in [1.807, 2.05) is 6.92 Å². The quantitative estimate of drug-likeness (QED) is 0.564. The number of amides is 2. The van der Waals surface area contributed by atoms with Gasteiger partial charge in [-0.3, -0.25) is 19.7 Å². The smallest absolute Gasteiger partial charge is 0.273 e. The molecule has 1 heterocycles. The highest BCUT2D eigenvalue weighted by Gasteiger charge is 2.29. The number of benzene rings is 1. The molecule has 1 fully saturated rings. The maximum absolute atomic E-state index is 12.9.